The number of amides is 2. The van der Waals surface area contributed by atoms with Gasteiger partial charge in [0.1, 0.15) is 0 Å². The molecule has 0 unspecified atom stereocenters. The summed E-state index contributed by atoms with van der Waals surface area (Å²) in [6, 6.07) is 7.95. The van der Waals surface area contributed by atoms with Gasteiger partial charge in [-0.15, -0.1) is 0 Å². The lowest BCUT2D eigenvalue weighted by Gasteiger charge is -2.30. The molecular formula is C19H29N3O2. The van der Waals surface area contributed by atoms with E-state index in [1.807, 2.05) is 31.2 Å². The Kier molecular flexibility index (Phi) is 6.79. The molecule has 2 amide bonds. The highest BCUT2D eigenvalue weighted by molar-refractivity contribution is 5.92. The molecule has 2 N–H and O–H groups in total. The topological polar surface area (TPSA) is 61.4 Å². The smallest absolute Gasteiger partial charge is 0.238 e. The van der Waals surface area contributed by atoms with Crippen molar-refractivity contribution in [3.8, 4) is 0 Å². The third-order valence-corrected chi connectivity index (χ3v) is 4.62. The Balaban J connectivity index is 1.73. The fourth-order valence-corrected chi connectivity index (χ4v) is 3.17. The first-order valence-corrected chi connectivity index (χ1v) is 8.78. The van der Waals surface area contributed by atoms with Crippen molar-refractivity contribution < 1.29 is 9.59 Å². The normalized spacial score (nSPS) is 20.7. The largest absolute Gasteiger partial charge is 0.352 e. The number of hydrogen-bond donors (Lipinski definition) is 2. The highest BCUT2D eigenvalue weighted by Crippen LogP contribution is 2.23. The number of hydrogen-bond acceptors (Lipinski definition) is 3. The Morgan fingerprint density at radius 3 is 2.38 bits per heavy atom. The number of nitrogens with one attached hydrogen (secondary N) is 2. The van der Waals surface area contributed by atoms with E-state index in [9.17, 15) is 9.59 Å². The molecular weight excluding hydrogens is 302 g/mol. The molecule has 1 fully saturated rings. The van der Waals surface area contributed by atoms with E-state index in [2.05, 4.69) is 17.6 Å². The number of benzene rings is 1. The van der Waals surface area contributed by atoms with Crippen LogP contribution in [0.25, 0.3) is 0 Å². The SMILES string of the molecule is Cc1ccc(NC(=O)CN(C)CC(=O)N[C@@H]2CCCC[C@@H]2C)cc1. The fraction of sp³-hybridized carbons (Fsp3) is 0.579. The molecule has 5 heteroatoms. The zero-order valence-corrected chi connectivity index (χ0v) is 15.0. The summed E-state index contributed by atoms with van der Waals surface area (Å²) in [6.45, 7) is 4.64. The monoisotopic (exact) mass is 331 g/mol. The first-order valence-electron chi connectivity index (χ1n) is 8.78. The van der Waals surface area contributed by atoms with Crippen molar-refractivity contribution in [2.75, 3.05) is 25.5 Å². The van der Waals surface area contributed by atoms with Gasteiger partial charge in [0.25, 0.3) is 0 Å². The number of carbonyl (C=O) groups is 2. The highest BCUT2D eigenvalue weighted by atomic mass is 16.2. The van der Waals surface area contributed by atoms with Crippen LogP contribution in [-0.2, 0) is 9.59 Å². The summed E-state index contributed by atoms with van der Waals surface area (Å²) in [5.41, 5.74) is 1.93. The molecule has 0 bridgehead atoms. The molecule has 5 nitrogen and oxygen atoms in total. The average Bonchev–Trinajstić information content (AvgIpc) is 2.51. The predicted molar refractivity (Wildman–Crippen MR) is 96.9 cm³/mol. The summed E-state index contributed by atoms with van der Waals surface area (Å²) in [6.07, 6.45) is 4.68. The van der Waals surface area contributed by atoms with Gasteiger partial charge in [-0.05, 0) is 44.9 Å². The van der Waals surface area contributed by atoms with Crippen molar-refractivity contribution in [1.82, 2.24) is 10.2 Å². The van der Waals surface area contributed by atoms with Crippen molar-refractivity contribution in [2.24, 2.45) is 5.92 Å². The van der Waals surface area contributed by atoms with E-state index in [4.69, 9.17) is 0 Å². The minimum atomic E-state index is -0.111. The van der Waals surface area contributed by atoms with Gasteiger partial charge in [0, 0.05) is 11.7 Å². The number of nitrogens with zero attached hydrogens (tertiary/aromatic N) is 1. The van der Waals surface area contributed by atoms with Gasteiger partial charge in [0.15, 0.2) is 0 Å². The quantitative estimate of drug-likeness (QED) is 0.842. The van der Waals surface area contributed by atoms with Gasteiger partial charge in [0.05, 0.1) is 13.1 Å². The zero-order valence-electron chi connectivity index (χ0n) is 15.0. The van der Waals surface area contributed by atoms with Gasteiger partial charge in [-0.25, -0.2) is 0 Å². The van der Waals surface area contributed by atoms with Crippen molar-refractivity contribution in [2.45, 2.75) is 45.6 Å². The molecule has 1 aliphatic carbocycles. The second-order valence-electron chi connectivity index (χ2n) is 7.02. The summed E-state index contributed by atoms with van der Waals surface area (Å²) in [7, 11) is 1.79. The number of aryl methyl sites for hydroxylation is 1. The van der Waals surface area contributed by atoms with Crippen LogP contribution in [0.3, 0.4) is 0 Å². The molecule has 1 aliphatic rings. The van der Waals surface area contributed by atoms with Gasteiger partial charge in [0.2, 0.25) is 11.8 Å². The average molecular weight is 331 g/mol. The summed E-state index contributed by atoms with van der Waals surface area (Å²) in [5.74, 6) is 0.428. The van der Waals surface area contributed by atoms with Gasteiger partial charge < -0.3 is 10.6 Å². The van der Waals surface area contributed by atoms with Crippen LogP contribution in [0.1, 0.15) is 38.2 Å². The predicted octanol–water partition coefficient (Wildman–Crippen LogP) is 2.56. The van der Waals surface area contributed by atoms with E-state index < -0.39 is 0 Å². The molecule has 0 heterocycles. The molecule has 1 aromatic carbocycles. The minimum Gasteiger partial charge on any atom is -0.352 e. The minimum absolute atomic E-state index is 0.000569. The first-order chi connectivity index (χ1) is 11.4. The second-order valence-corrected chi connectivity index (χ2v) is 7.02. The maximum atomic E-state index is 12.2. The zero-order chi connectivity index (χ0) is 17.5. The van der Waals surface area contributed by atoms with Crippen LogP contribution in [0.4, 0.5) is 5.69 Å². The van der Waals surface area contributed by atoms with Gasteiger partial charge in [-0.2, -0.15) is 0 Å². The van der Waals surface area contributed by atoms with Gasteiger partial charge in [-0.3, -0.25) is 14.5 Å². The third-order valence-electron chi connectivity index (χ3n) is 4.62. The van der Waals surface area contributed by atoms with Crippen molar-refractivity contribution >= 4 is 17.5 Å². The lowest BCUT2D eigenvalue weighted by Crippen LogP contribution is -2.46. The molecule has 1 aromatic rings. The summed E-state index contributed by atoms with van der Waals surface area (Å²) in [5, 5.41) is 5.97. The maximum Gasteiger partial charge on any atom is 0.238 e. The summed E-state index contributed by atoms with van der Waals surface area (Å²) >= 11 is 0. The molecule has 24 heavy (non-hydrogen) atoms. The molecule has 1 saturated carbocycles. The first kappa shape index (κ1) is 18.5. The molecule has 0 aliphatic heterocycles. The number of anilines is 1. The van der Waals surface area contributed by atoms with E-state index in [1.54, 1.807) is 11.9 Å². The van der Waals surface area contributed by atoms with Gasteiger partial charge >= 0.3 is 0 Å². The Morgan fingerprint density at radius 1 is 1.08 bits per heavy atom. The van der Waals surface area contributed by atoms with E-state index in [0.29, 0.717) is 5.92 Å². The molecule has 2 atom stereocenters. The Bertz CT molecular complexity index is 556. The van der Waals surface area contributed by atoms with Crippen LogP contribution < -0.4 is 10.6 Å². The molecule has 0 radical (unpaired) electrons. The Morgan fingerprint density at radius 2 is 1.71 bits per heavy atom. The number of rotatable bonds is 6. The van der Waals surface area contributed by atoms with Crippen LogP contribution in [0, 0.1) is 12.8 Å². The van der Waals surface area contributed by atoms with Crippen LogP contribution in [0.15, 0.2) is 24.3 Å². The molecule has 0 saturated heterocycles. The molecule has 0 aromatic heterocycles. The maximum absolute atomic E-state index is 12.2. The van der Waals surface area contributed by atoms with E-state index in [-0.39, 0.29) is 30.9 Å². The van der Waals surface area contributed by atoms with Crippen LogP contribution in [-0.4, -0.2) is 42.9 Å². The van der Waals surface area contributed by atoms with Crippen LogP contribution >= 0.6 is 0 Å². The van der Waals surface area contributed by atoms with E-state index in [1.165, 1.54) is 19.3 Å². The van der Waals surface area contributed by atoms with E-state index >= 15 is 0 Å². The van der Waals surface area contributed by atoms with Crippen molar-refractivity contribution in [3.05, 3.63) is 29.8 Å². The van der Waals surface area contributed by atoms with Crippen LogP contribution in [0.5, 0.6) is 0 Å². The lowest BCUT2D eigenvalue weighted by atomic mass is 9.86. The van der Waals surface area contributed by atoms with Crippen molar-refractivity contribution in [3.63, 3.8) is 0 Å². The molecule has 0 spiro atoms. The molecule has 132 valence electrons. The standard InChI is InChI=1S/C19H29N3O2/c1-14-8-10-16(11-9-14)20-18(23)12-22(3)13-19(24)21-17-7-5-4-6-15(17)2/h8-11,15,17H,4-7,12-13H2,1-3H3,(H,20,23)(H,21,24)/t15-,17+/m0/s1. The third kappa shape index (κ3) is 5.96. The Hall–Kier alpha value is -1.88. The second kappa shape index (κ2) is 8.83. The highest BCUT2D eigenvalue weighted by Gasteiger charge is 2.23. The van der Waals surface area contributed by atoms with Gasteiger partial charge in [-0.1, -0.05) is 37.5 Å². The summed E-state index contributed by atoms with van der Waals surface area (Å²) in [4.78, 5) is 25.9. The Labute approximate surface area is 144 Å². The fourth-order valence-electron chi connectivity index (χ4n) is 3.17. The van der Waals surface area contributed by atoms with Crippen LogP contribution in [0.2, 0.25) is 0 Å². The molecule has 2 rings (SSSR count). The number of likely N-dealkylation sites (N-methyl/N-ethyl adjacent to an activating group) is 1. The lowest BCUT2D eigenvalue weighted by molar-refractivity contribution is -0.124. The van der Waals surface area contributed by atoms with Crippen molar-refractivity contribution in [1.29, 1.82) is 0 Å². The number of carbonyl (C=O) groups excluding carboxylic acids is 2. The summed E-state index contributed by atoms with van der Waals surface area (Å²) < 4.78 is 0. The van der Waals surface area contributed by atoms with E-state index in [0.717, 1.165) is 17.7 Å².